The van der Waals surface area contributed by atoms with Crippen LogP contribution >= 0.6 is 0 Å². The maximum Gasteiger partial charge on any atom is 0.143 e. The van der Waals surface area contributed by atoms with Gasteiger partial charge in [-0.05, 0) is 63.2 Å². The van der Waals surface area contributed by atoms with E-state index in [9.17, 15) is 0 Å². The second-order valence-electron chi connectivity index (χ2n) is 13.7. The molecule has 0 radical (unpaired) electrons. The third kappa shape index (κ3) is 4.07. The van der Waals surface area contributed by atoms with E-state index in [1.807, 2.05) is 0 Å². The van der Waals surface area contributed by atoms with Crippen molar-refractivity contribution in [3.63, 3.8) is 0 Å². The molecule has 0 bridgehead atoms. The van der Waals surface area contributed by atoms with Gasteiger partial charge in [-0.2, -0.15) is 0 Å². The summed E-state index contributed by atoms with van der Waals surface area (Å²) < 4.78 is 6.79. The molecular formula is C47H33NO. The van der Waals surface area contributed by atoms with Crippen molar-refractivity contribution in [2.24, 2.45) is 0 Å². The average Bonchev–Trinajstić information content (AvgIpc) is 3.63. The fourth-order valence-electron chi connectivity index (χ4n) is 8.31. The van der Waals surface area contributed by atoms with Crippen molar-refractivity contribution in [1.29, 1.82) is 0 Å². The smallest absolute Gasteiger partial charge is 0.143 e. The normalized spacial score (nSPS) is 13.3. The van der Waals surface area contributed by atoms with Crippen molar-refractivity contribution in [2.75, 3.05) is 4.90 Å². The van der Waals surface area contributed by atoms with Crippen molar-refractivity contribution in [3.05, 3.63) is 175 Å². The van der Waals surface area contributed by atoms with Gasteiger partial charge in [0.1, 0.15) is 11.2 Å². The standard InChI is InChI=1S/C47H33NO/c1-47(2)39-23-9-7-20-37(39)45-40(47)24-13-27-43(45)48(41-26-11-17-30-14-5-6-18-33(30)41)42-25-10-8-19-34(42)35-21-12-22-36-38-28-31-15-3-4-16-32(31)29-44(38)49-46(35)36/h3-29H,1-2H3. The first-order valence-corrected chi connectivity index (χ1v) is 17.0. The Morgan fingerprint density at radius 2 is 1.00 bits per heavy atom. The van der Waals surface area contributed by atoms with Crippen LogP contribution in [-0.2, 0) is 5.41 Å². The van der Waals surface area contributed by atoms with Crippen LogP contribution in [0.2, 0.25) is 0 Å². The summed E-state index contributed by atoms with van der Waals surface area (Å²) in [6.07, 6.45) is 0. The molecule has 8 aromatic carbocycles. The van der Waals surface area contributed by atoms with Crippen molar-refractivity contribution >= 4 is 60.5 Å². The minimum atomic E-state index is -0.116. The second-order valence-corrected chi connectivity index (χ2v) is 13.7. The zero-order valence-electron chi connectivity index (χ0n) is 27.4. The Balaban J connectivity index is 1.29. The topological polar surface area (TPSA) is 16.4 Å². The summed E-state index contributed by atoms with van der Waals surface area (Å²) in [4.78, 5) is 2.49. The number of benzene rings is 8. The van der Waals surface area contributed by atoms with Gasteiger partial charge in [-0.25, -0.2) is 0 Å². The Labute approximate surface area is 285 Å². The lowest BCUT2D eigenvalue weighted by atomic mass is 9.82. The number of hydrogen-bond acceptors (Lipinski definition) is 2. The van der Waals surface area contributed by atoms with E-state index in [4.69, 9.17) is 4.42 Å². The van der Waals surface area contributed by atoms with Crippen LogP contribution in [0.3, 0.4) is 0 Å². The predicted octanol–water partition coefficient (Wildman–Crippen LogP) is 13.3. The van der Waals surface area contributed by atoms with Gasteiger partial charge in [0.25, 0.3) is 0 Å². The Bertz CT molecular complexity index is 2760. The average molecular weight is 628 g/mol. The second kappa shape index (κ2) is 10.4. The molecule has 2 heteroatoms. The number of anilines is 3. The molecule has 2 nitrogen and oxygen atoms in total. The highest BCUT2D eigenvalue weighted by molar-refractivity contribution is 6.14. The highest BCUT2D eigenvalue weighted by atomic mass is 16.3. The zero-order valence-corrected chi connectivity index (χ0v) is 27.4. The number of furan rings is 1. The van der Waals surface area contributed by atoms with Gasteiger partial charge in [-0.1, -0.05) is 147 Å². The molecule has 1 heterocycles. The summed E-state index contributed by atoms with van der Waals surface area (Å²) in [5, 5.41) is 7.07. The van der Waals surface area contributed by atoms with E-state index in [2.05, 4.69) is 183 Å². The van der Waals surface area contributed by atoms with Crippen LogP contribution in [0.15, 0.2) is 168 Å². The molecule has 0 N–H and O–H groups in total. The van der Waals surface area contributed by atoms with Crippen molar-refractivity contribution in [3.8, 4) is 22.3 Å². The highest BCUT2D eigenvalue weighted by Crippen LogP contribution is 2.55. The molecule has 0 unspecified atom stereocenters. The van der Waals surface area contributed by atoms with Crippen LogP contribution in [0.1, 0.15) is 25.0 Å². The van der Waals surface area contributed by atoms with Gasteiger partial charge in [0.2, 0.25) is 0 Å². The van der Waals surface area contributed by atoms with E-state index >= 15 is 0 Å². The van der Waals surface area contributed by atoms with Gasteiger partial charge in [0, 0.05) is 38.3 Å². The van der Waals surface area contributed by atoms with Gasteiger partial charge in [0.15, 0.2) is 0 Å². The molecule has 0 saturated carbocycles. The number of nitrogens with zero attached hydrogens (tertiary/aromatic N) is 1. The number of rotatable bonds is 4. The van der Waals surface area contributed by atoms with Crippen LogP contribution < -0.4 is 4.90 Å². The van der Waals surface area contributed by atoms with E-state index in [0.717, 1.165) is 44.4 Å². The minimum Gasteiger partial charge on any atom is -0.455 e. The van der Waals surface area contributed by atoms with Crippen molar-refractivity contribution < 1.29 is 4.42 Å². The molecular weight excluding hydrogens is 595 g/mol. The Kier molecular flexibility index (Phi) is 5.95. The number of fused-ring (bicyclic) bond motifs is 8. The van der Waals surface area contributed by atoms with E-state index in [1.54, 1.807) is 0 Å². The quantitative estimate of drug-likeness (QED) is 0.193. The van der Waals surface area contributed by atoms with Crippen LogP contribution in [0.4, 0.5) is 17.1 Å². The molecule has 1 aliphatic rings. The van der Waals surface area contributed by atoms with Crippen LogP contribution in [0, 0.1) is 0 Å². The van der Waals surface area contributed by atoms with Gasteiger partial charge < -0.3 is 9.32 Å². The summed E-state index contributed by atoms with van der Waals surface area (Å²) in [6, 6.07) is 59.4. The molecule has 0 aliphatic heterocycles. The van der Waals surface area contributed by atoms with Crippen molar-refractivity contribution in [1.82, 2.24) is 0 Å². The third-order valence-electron chi connectivity index (χ3n) is 10.6. The van der Waals surface area contributed by atoms with Gasteiger partial charge in [-0.3, -0.25) is 0 Å². The van der Waals surface area contributed by atoms with E-state index in [1.165, 1.54) is 49.5 Å². The lowest BCUT2D eigenvalue weighted by Gasteiger charge is -2.31. The van der Waals surface area contributed by atoms with Gasteiger partial charge in [0.05, 0.1) is 17.1 Å². The third-order valence-corrected chi connectivity index (χ3v) is 10.6. The largest absolute Gasteiger partial charge is 0.455 e. The summed E-state index contributed by atoms with van der Waals surface area (Å²) in [5.74, 6) is 0. The van der Waals surface area contributed by atoms with E-state index < -0.39 is 0 Å². The molecule has 49 heavy (non-hydrogen) atoms. The predicted molar refractivity (Wildman–Crippen MR) is 206 cm³/mol. The van der Waals surface area contributed by atoms with E-state index in [0.29, 0.717) is 0 Å². The maximum atomic E-state index is 6.79. The lowest BCUT2D eigenvalue weighted by molar-refractivity contribution is 0.660. The van der Waals surface area contributed by atoms with Crippen LogP contribution in [-0.4, -0.2) is 0 Å². The fraction of sp³-hybridized carbons (Fsp3) is 0.0638. The first-order valence-electron chi connectivity index (χ1n) is 17.0. The summed E-state index contributed by atoms with van der Waals surface area (Å²) in [5.41, 5.74) is 12.6. The zero-order chi connectivity index (χ0) is 32.7. The Morgan fingerprint density at radius 1 is 0.429 bits per heavy atom. The molecule has 1 aromatic heterocycles. The molecule has 0 atom stereocenters. The maximum absolute atomic E-state index is 6.79. The summed E-state index contributed by atoms with van der Waals surface area (Å²) in [7, 11) is 0. The van der Waals surface area contributed by atoms with Gasteiger partial charge in [-0.15, -0.1) is 0 Å². The first-order chi connectivity index (χ1) is 24.1. The van der Waals surface area contributed by atoms with Crippen LogP contribution in [0.25, 0.3) is 65.7 Å². The summed E-state index contributed by atoms with van der Waals surface area (Å²) >= 11 is 0. The molecule has 10 rings (SSSR count). The first kappa shape index (κ1) is 27.9. The molecule has 0 saturated heterocycles. The monoisotopic (exact) mass is 627 g/mol. The van der Waals surface area contributed by atoms with Crippen molar-refractivity contribution in [2.45, 2.75) is 19.3 Å². The molecule has 0 fully saturated rings. The summed E-state index contributed by atoms with van der Waals surface area (Å²) in [6.45, 7) is 4.70. The molecule has 0 amide bonds. The molecule has 232 valence electrons. The highest BCUT2D eigenvalue weighted by Gasteiger charge is 2.38. The molecule has 9 aromatic rings. The fourth-order valence-corrected chi connectivity index (χ4v) is 8.31. The lowest BCUT2D eigenvalue weighted by Crippen LogP contribution is -2.16. The minimum absolute atomic E-state index is 0.116. The van der Waals surface area contributed by atoms with Crippen LogP contribution in [0.5, 0.6) is 0 Å². The van der Waals surface area contributed by atoms with E-state index in [-0.39, 0.29) is 5.41 Å². The number of hydrogen-bond donors (Lipinski definition) is 0. The van der Waals surface area contributed by atoms with Gasteiger partial charge >= 0.3 is 0 Å². The Morgan fingerprint density at radius 3 is 1.88 bits per heavy atom. The molecule has 1 aliphatic carbocycles. The Hall–Kier alpha value is -6.12. The number of para-hydroxylation sites is 2. The molecule has 0 spiro atoms. The SMILES string of the molecule is CC1(C)c2ccccc2-c2c(N(c3ccccc3-c3cccc4c3oc3cc5ccccc5cc34)c3cccc4ccccc34)cccc21.